The number of rotatable bonds is 5. The lowest BCUT2D eigenvalue weighted by Crippen LogP contribution is -2.32. The number of halogens is 3. The molecule has 1 aliphatic carbocycles. The molecule has 2 aromatic rings. The van der Waals surface area contributed by atoms with Gasteiger partial charge in [-0.3, -0.25) is 4.79 Å². The Labute approximate surface area is 172 Å². The number of aromatic nitrogens is 3. The number of hydrogen-bond donors (Lipinski definition) is 1. The van der Waals surface area contributed by atoms with Crippen LogP contribution >= 0.6 is 0 Å². The molecule has 30 heavy (non-hydrogen) atoms. The largest absolute Gasteiger partial charge is 0.416 e. The molecule has 160 valence electrons. The molecule has 1 atom stereocenters. The summed E-state index contributed by atoms with van der Waals surface area (Å²) in [6, 6.07) is 3.46. The van der Waals surface area contributed by atoms with E-state index in [-0.39, 0.29) is 23.7 Å². The molecule has 0 radical (unpaired) electrons. The molecule has 4 rings (SSSR count). The fraction of sp³-hybridized carbons (Fsp3) is 0.524. The minimum absolute atomic E-state index is 0.0163. The molecule has 1 N–H and O–H groups in total. The highest BCUT2D eigenvalue weighted by Crippen LogP contribution is 2.35. The number of likely N-dealkylation sites (tertiary alicyclic amines) is 1. The zero-order valence-electron chi connectivity index (χ0n) is 16.5. The number of anilines is 2. The predicted molar refractivity (Wildman–Crippen MR) is 105 cm³/mol. The van der Waals surface area contributed by atoms with Crippen LogP contribution in [0.1, 0.15) is 62.2 Å². The Morgan fingerprint density at radius 1 is 1.10 bits per heavy atom. The summed E-state index contributed by atoms with van der Waals surface area (Å²) in [5.41, 5.74) is -0.104. The highest BCUT2D eigenvalue weighted by molar-refractivity contribution is 5.77. The molecule has 1 amide bonds. The molecule has 6 nitrogen and oxygen atoms in total. The Kier molecular flexibility index (Phi) is 5.87. The van der Waals surface area contributed by atoms with Gasteiger partial charge in [-0.2, -0.15) is 13.2 Å². The second-order valence-corrected chi connectivity index (χ2v) is 7.96. The molecule has 1 saturated heterocycles. The van der Waals surface area contributed by atoms with Crippen molar-refractivity contribution in [3.05, 3.63) is 41.9 Å². The highest BCUT2D eigenvalue weighted by Gasteiger charge is 2.33. The summed E-state index contributed by atoms with van der Waals surface area (Å²) >= 11 is 0. The molecule has 2 aliphatic rings. The van der Waals surface area contributed by atoms with E-state index in [1.54, 1.807) is 12.3 Å². The van der Waals surface area contributed by atoms with Crippen molar-refractivity contribution in [1.82, 2.24) is 19.9 Å². The van der Waals surface area contributed by atoms with Gasteiger partial charge >= 0.3 is 6.18 Å². The number of nitrogens with one attached hydrogen (secondary N) is 1. The van der Waals surface area contributed by atoms with Gasteiger partial charge < -0.3 is 10.2 Å². The van der Waals surface area contributed by atoms with Crippen molar-refractivity contribution in [3.8, 4) is 0 Å². The molecule has 0 unspecified atom stereocenters. The summed E-state index contributed by atoms with van der Waals surface area (Å²) in [4.78, 5) is 27.2. The van der Waals surface area contributed by atoms with Gasteiger partial charge in [0.25, 0.3) is 0 Å². The van der Waals surface area contributed by atoms with Gasteiger partial charge in [0, 0.05) is 25.4 Å². The van der Waals surface area contributed by atoms with Crippen LogP contribution in [0.3, 0.4) is 0 Å². The van der Waals surface area contributed by atoms with Crippen LogP contribution < -0.4 is 5.32 Å². The van der Waals surface area contributed by atoms with Crippen molar-refractivity contribution in [2.24, 2.45) is 5.92 Å². The first-order valence-corrected chi connectivity index (χ1v) is 10.3. The molecule has 1 aliphatic heterocycles. The van der Waals surface area contributed by atoms with E-state index in [9.17, 15) is 18.0 Å². The number of carbonyl (C=O) groups is 1. The number of pyridine rings is 1. The van der Waals surface area contributed by atoms with E-state index in [4.69, 9.17) is 0 Å². The molecule has 2 aromatic heterocycles. The van der Waals surface area contributed by atoms with E-state index in [1.807, 2.05) is 4.90 Å². The minimum Gasteiger partial charge on any atom is -0.334 e. The molecule has 0 bridgehead atoms. The van der Waals surface area contributed by atoms with Gasteiger partial charge in [-0.25, -0.2) is 15.0 Å². The molecule has 0 spiro atoms. The first kappa shape index (κ1) is 20.6. The lowest BCUT2D eigenvalue weighted by atomic mass is 10.0. The molecular formula is C21H24F3N5O. The number of carbonyl (C=O) groups excluding carboxylic acids is 1. The van der Waals surface area contributed by atoms with Crippen LogP contribution in [0, 0.1) is 5.92 Å². The van der Waals surface area contributed by atoms with Gasteiger partial charge in [0.15, 0.2) is 0 Å². The van der Waals surface area contributed by atoms with Crippen LogP contribution in [0.15, 0.2) is 30.6 Å². The van der Waals surface area contributed by atoms with E-state index in [1.165, 1.54) is 12.8 Å². The maximum absolute atomic E-state index is 12.9. The van der Waals surface area contributed by atoms with Gasteiger partial charge in [-0.1, -0.05) is 12.8 Å². The van der Waals surface area contributed by atoms with Gasteiger partial charge in [-0.15, -0.1) is 0 Å². The van der Waals surface area contributed by atoms with Crippen LogP contribution in [0.25, 0.3) is 0 Å². The van der Waals surface area contributed by atoms with Crippen LogP contribution in [0.5, 0.6) is 0 Å². The number of hydrogen-bond acceptors (Lipinski definition) is 5. The first-order valence-electron chi connectivity index (χ1n) is 10.3. The number of nitrogens with zero attached hydrogens (tertiary/aromatic N) is 4. The third kappa shape index (κ3) is 4.71. The summed E-state index contributed by atoms with van der Waals surface area (Å²) in [6.07, 6.45) is 5.14. The fourth-order valence-corrected chi connectivity index (χ4v) is 4.36. The topological polar surface area (TPSA) is 71.0 Å². The summed E-state index contributed by atoms with van der Waals surface area (Å²) in [5, 5.41) is 2.75. The SMILES string of the molecule is O=C(CC1CCCC1)N1CCC[C@H]1c1ccnc(Nc2cc(C(F)(F)F)ccn2)n1. The van der Waals surface area contributed by atoms with E-state index in [0.29, 0.717) is 24.6 Å². The number of amides is 1. The van der Waals surface area contributed by atoms with Crippen molar-refractivity contribution in [2.75, 3.05) is 11.9 Å². The molecular weight excluding hydrogens is 395 g/mol. The molecule has 2 fully saturated rings. The van der Waals surface area contributed by atoms with Crippen molar-refractivity contribution in [2.45, 2.75) is 57.2 Å². The van der Waals surface area contributed by atoms with E-state index >= 15 is 0 Å². The van der Waals surface area contributed by atoms with Crippen molar-refractivity contribution in [3.63, 3.8) is 0 Å². The van der Waals surface area contributed by atoms with Gasteiger partial charge in [0.2, 0.25) is 11.9 Å². The smallest absolute Gasteiger partial charge is 0.334 e. The van der Waals surface area contributed by atoms with Crippen molar-refractivity contribution >= 4 is 17.7 Å². The molecule has 1 saturated carbocycles. The summed E-state index contributed by atoms with van der Waals surface area (Å²) < 4.78 is 38.7. The van der Waals surface area contributed by atoms with Gasteiger partial charge in [0.1, 0.15) is 5.82 Å². The lowest BCUT2D eigenvalue weighted by Gasteiger charge is -2.25. The molecule has 9 heteroatoms. The average Bonchev–Trinajstić information content (AvgIpc) is 3.40. The Balaban J connectivity index is 1.48. The highest BCUT2D eigenvalue weighted by atomic mass is 19.4. The van der Waals surface area contributed by atoms with E-state index in [0.717, 1.165) is 44.0 Å². The second-order valence-electron chi connectivity index (χ2n) is 7.96. The number of alkyl halides is 3. The Morgan fingerprint density at radius 3 is 2.63 bits per heavy atom. The van der Waals surface area contributed by atoms with Gasteiger partial charge in [0.05, 0.1) is 17.3 Å². The van der Waals surface area contributed by atoms with E-state index in [2.05, 4.69) is 20.3 Å². The second kappa shape index (κ2) is 8.57. The maximum atomic E-state index is 12.9. The quantitative estimate of drug-likeness (QED) is 0.748. The third-order valence-corrected chi connectivity index (χ3v) is 5.86. The third-order valence-electron chi connectivity index (χ3n) is 5.86. The van der Waals surface area contributed by atoms with Crippen LogP contribution in [-0.4, -0.2) is 32.3 Å². The maximum Gasteiger partial charge on any atom is 0.416 e. The molecule has 3 heterocycles. The lowest BCUT2D eigenvalue weighted by molar-refractivity contribution is -0.137. The van der Waals surface area contributed by atoms with Crippen LogP contribution in [0.4, 0.5) is 24.9 Å². The predicted octanol–water partition coefficient (Wildman–Crippen LogP) is 4.88. The van der Waals surface area contributed by atoms with Crippen molar-refractivity contribution in [1.29, 1.82) is 0 Å². The van der Waals surface area contributed by atoms with Crippen molar-refractivity contribution < 1.29 is 18.0 Å². The summed E-state index contributed by atoms with van der Waals surface area (Å²) in [7, 11) is 0. The first-order chi connectivity index (χ1) is 14.4. The average molecular weight is 419 g/mol. The normalized spacial score (nSPS) is 20.0. The van der Waals surface area contributed by atoms with Crippen LogP contribution in [-0.2, 0) is 11.0 Å². The van der Waals surface area contributed by atoms with Crippen LogP contribution in [0.2, 0.25) is 0 Å². The Bertz CT molecular complexity index is 898. The van der Waals surface area contributed by atoms with Gasteiger partial charge in [-0.05, 0) is 49.8 Å². The zero-order valence-corrected chi connectivity index (χ0v) is 16.5. The minimum atomic E-state index is -4.45. The summed E-state index contributed by atoms with van der Waals surface area (Å²) in [5.74, 6) is 0.822. The monoisotopic (exact) mass is 419 g/mol. The summed E-state index contributed by atoms with van der Waals surface area (Å²) in [6.45, 7) is 0.707. The zero-order chi connectivity index (χ0) is 21.1. The van der Waals surface area contributed by atoms with E-state index < -0.39 is 11.7 Å². The fourth-order valence-electron chi connectivity index (χ4n) is 4.36. The molecule has 0 aromatic carbocycles. The standard InChI is InChI=1S/C21H24F3N5O/c22-21(23,24)15-7-9-25-18(13-15)28-20-26-10-8-16(27-20)17-6-3-11-29(17)19(30)12-14-4-1-2-5-14/h7-10,13-14,17H,1-6,11-12H2,(H,25,26,27,28)/t17-/m0/s1. The Hall–Kier alpha value is -2.71. The Morgan fingerprint density at radius 2 is 1.87 bits per heavy atom.